The van der Waals surface area contributed by atoms with Crippen LogP contribution in [0.4, 0.5) is 0 Å². The summed E-state index contributed by atoms with van der Waals surface area (Å²) in [5.41, 5.74) is 1.80. The van der Waals surface area contributed by atoms with Crippen molar-refractivity contribution >= 4 is 0 Å². The number of morpholine rings is 1. The summed E-state index contributed by atoms with van der Waals surface area (Å²) in [5, 5.41) is 10.9. The predicted octanol–water partition coefficient (Wildman–Crippen LogP) is 2.95. The summed E-state index contributed by atoms with van der Waals surface area (Å²) in [7, 11) is 1.56. The highest BCUT2D eigenvalue weighted by molar-refractivity contribution is 5.59. The number of hydrogen-bond donors (Lipinski definition) is 1. The molecule has 1 saturated heterocycles. The van der Waals surface area contributed by atoms with Crippen molar-refractivity contribution in [1.29, 1.82) is 0 Å². The Kier molecular flexibility index (Phi) is 4.64. The number of fused-ring (bicyclic) bond motifs is 2. The summed E-state index contributed by atoms with van der Waals surface area (Å²) in [6.07, 6.45) is -0.137. The van der Waals surface area contributed by atoms with Crippen molar-refractivity contribution in [3.63, 3.8) is 0 Å². The molecule has 7 nitrogen and oxygen atoms in total. The molecule has 2 aromatic carbocycles. The maximum Gasteiger partial charge on any atom is 0.231 e. The smallest absolute Gasteiger partial charge is 0.231 e. The number of rotatable bonds is 3. The lowest BCUT2D eigenvalue weighted by Gasteiger charge is -2.44. The summed E-state index contributed by atoms with van der Waals surface area (Å²) in [5.74, 6) is 2.78. The Hall–Kier alpha value is -2.64. The minimum atomic E-state index is -0.137. The second-order valence-electron chi connectivity index (χ2n) is 7.63. The lowest BCUT2D eigenvalue weighted by atomic mass is 9.77. The zero-order chi connectivity index (χ0) is 20.0. The fraction of sp³-hybridized carbons (Fsp3) is 0.455. The molecule has 5 rings (SSSR count). The molecule has 0 aromatic heterocycles. The van der Waals surface area contributed by atoms with Gasteiger partial charge in [-0.05, 0) is 12.1 Å². The Morgan fingerprint density at radius 3 is 2.55 bits per heavy atom. The van der Waals surface area contributed by atoms with E-state index in [1.165, 1.54) is 0 Å². The van der Waals surface area contributed by atoms with Crippen molar-refractivity contribution in [3.8, 4) is 28.7 Å². The average Bonchev–Trinajstić information content (AvgIpc) is 3.20. The van der Waals surface area contributed by atoms with Gasteiger partial charge in [-0.1, -0.05) is 19.1 Å². The number of ether oxygens (including phenoxy) is 5. The van der Waals surface area contributed by atoms with Crippen LogP contribution in [-0.2, 0) is 4.74 Å². The maximum atomic E-state index is 10.9. The highest BCUT2D eigenvalue weighted by Crippen LogP contribution is 2.52. The zero-order valence-electron chi connectivity index (χ0n) is 16.6. The minimum absolute atomic E-state index is 0.0824. The van der Waals surface area contributed by atoms with E-state index in [0.717, 1.165) is 30.0 Å². The summed E-state index contributed by atoms with van der Waals surface area (Å²) in [6, 6.07) is 9.51. The molecule has 3 atom stereocenters. The number of para-hydroxylation sites is 1. The van der Waals surface area contributed by atoms with Gasteiger partial charge in [-0.2, -0.15) is 0 Å². The van der Waals surface area contributed by atoms with Crippen LogP contribution in [0.25, 0.3) is 0 Å². The first kappa shape index (κ1) is 18.4. The van der Waals surface area contributed by atoms with E-state index < -0.39 is 0 Å². The van der Waals surface area contributed by atoms with Gasteiger partial charge in [0.2, 0.25) is 6.79 Å². The molecule has 7 heteroatoms. The molecule has 1 fully saturated rings. The summed E-state index contributed by atoms with van der Waals surface area (Å²) in [6.45, 7) is 5.37. The standard InChI is InChI=1S/C22H25NO6/c1-13-20(14-4-3-5-16(25-2)21(14)24)15-10-18-19(28-12-27-18)11-17(15)29-22(13)23-6-8-26-9-7-23/h3-5,10-11,13,20,22,24H,6-9,12H2,1-2H3/t13-,20+,22+/m1/s1. The molecule has 0 spiro atoms. The fourth-order valence-corrected chi connectivity index (χ4v) is 4.61. The van der Waals surface area contributed by atoms with Crippen molar-refractivity contribution in [3.05, 3.63) is 41.5 Å². The maximum absolute atomic E-state index is 10.9. The molecule has 0 bridgehead atoms. The van der Waals surface area contributed by atoms with E-state index in [1.54, 1.807) is 13.2 Å². The number of benzene rings is 2. The zero-order valence-corrected chi connectivity index (χ0v) is 16.6. The number of methoxy groups -OCH3 is 1. The van der Waals surface area contributed by atoms with Crippen LogP contribution < -0.4 is 18.9 Å². The van der Waals surface area contributed by atoms with E-state index in [-0.39, 0.29) is 30.6 Å². The first-order chi connectivity index (χ1) is 14.2. The van der Waals surface area contributed by atoms with Crippen molar-refractivity contribution < 1.29 is 28.8 Å². The highest BCUT2D eigenvalue weighted by Gasteiger charge is 2.42. The molecule has 0 aliphatic carbocycles. The largest absolute Gasteiger partial charge is 0.504 e. The fourth-order valence-electron chi connectivity index (χ4n) is 4.61. The van der Waals surface area contributed by atoms with Crippen LogP contribution >= 0.6 is 0 Å². The lowest BCUT2D eigenvalue weighted by molar-refractivity contribution is -0.0785. The Labute approximate surface area is 169 Å². The average molecular weight is 399 g/mol. The van der Waals surface area contributed by atoms with Crippen LogP contribution in [0.2, 0.25) is 0 Å². The van der Waals surface area contributed by atoms with E-state index in [4.69, 9.17) is 23.7 Å². The Morgan fingerprint density at radius 2 is 1.79 bits per heavy atom. The van der Waals surface area contributed by atoms with Gasteiger partial charge in [-0.3, -0.25) is 4.90 Å². The number of aromatic hydroxyl groups is 1. The van der Waals surface area contributed by atoms with Gasteiger partial charge in [0.05, 0.1) is 20.3 Å². The molecule has 3 aliphatic rings. The van der Waals surface area contributed by atoms with Crippen LogP contribution in [0.5, 0.6) is 28.7 Å². The number of phenolic OH excluding ortho intramolecular Hbond substituents is 1. The van der Waals surface area contributed by atoms with Crippen molar-refractivity contribution in [2.45, 2.75) is 19.1 Å². The highest BCUT2D eigenvalue weighted by atomic mass is 16.7. The quantitative estimate of drug-likeness (QED) is 0.851. The molecule has 154 valence electrons. The van der Waals surface area contributed by atoms with Crippen LogP contribution in [0.1, 0.15) is 24.0 Å². The van der Waals surface area contributed by atoms with Gasteiger partial charge in [-0.25, -0.2) is 0 Å². The van der Waals surface area contributed by atoms with Crippen LogP contribution in [0.15, 0.2) is 30.3 Å². The molecular formula is C22H25NO6. The predicted molar refractivity (Wildman–Crippen MR) is 105 cm³/mol. The van der Waals surface area contributed by atoms with Crippen LogP contribution in [0, 0.1) is 5.92 Å². The van der Waals surface area contributed by atoms with Crippen LogP contribution in [0.3, 0.4) is 0 Å². The number of nitrogens with zero attached hydrogens (tertiary/aromatic N) is 1. The number of phenols is 1. The van der Waals surface area contributed by atoms with E-state index in [1.807, 2.05) is 24.3 Å². The van der Waals surface area contributed by atoms with Gasteiger partial charge in [0.1, 0.15) is 5.75 Å². The third kappa shape index (κ3) is 3.05. The monoisotopic (exact) mass is 399 g/mol. The normalized spacial score (nSPS) is 25.9. The first-order valence-electron chi connectivity index (χ1n) is 9.95. The SMILES string of the molecule is COc1cccc([C@H]2c3cc4c(cc3O[C@H](N3CCOCC3)[C@@H]2C)OCO4)c1O. The Bertz CT molecular complexity index is 910. The Morgan fingerprint density at radius 1 is 1.03 bits per heavy atom. The second kappa shape index (κ2) is 7.31. The molecule has 0 radical (unpaired) electrons. The molecule has 0 amide bonds. The van der Waals surface area contributed by atoms with Crippen molar-refractivity contribution in [2.24, 2.45) is 5.92 Å². The minimum Gasteiger partial charge on any atom is -0.504 e. The first-order valence-corrected chi connectivity index (χ1v) is 9.95. The third-order valence-electron chi connectivity index (χ3n) is 6.05. The van der Waals surface area contributed by atoms with Gasteiger partial charge < -0.3 is 28.8 Å². The van der Waals surface area contributed by atoms with E-state index in [9.17, 15) is 5.11 Å². The van der Waals surface area contributed by atoms with Crippen molar-refractivity contribution in [1.82, 2.24) is 4.90 Å². The lowest BCUT2D eigenvalue weighted by Crippen LogP contribution is -2.52. The number of hydrogen-bond acceptors (Lipinski definition) is 7. The summed E-state index contributed by atoms with van der Waals surface area (Å²) >= 11 is 0. The van der Waals surface area contributed by atoms with E-state index in [0.29, 0.717) is 30.5 Å². The van der Waals surface area contributed by atoms with E-state index >= 15 is 0 Å². The summed E-state index contributed by atoms with van der Waals surface area (Å²) in [4.78, 5) is 2.31. The second-order valence-corrected chi connectivity index (χ2v) is 7.63. The van der Waals surface area contributed by atoms with Gasteiger partial charge in [-0.15, -0.1) is 0 Å². The molecule has 2 aromatic rings. The molecular weight excluding hydrogens is 374 g/mol. The third-order valence-corrected chi connectivity index (χ3v) is 6.05. The van der Waals surface area contributed by atoms with Gasteiger partial charge in [0.15, 0.2) is 29.2 Å². The van der Waals surface area contributed by atoms with E-state index in [2.05, 4.69) is 11.8 Å². The van der Waals surface area contributed by atoms with Crippen molar-refractivity contribution in [2.75, 3.05) is 40.2 Å². The molecule has 0 saturated carbocycles. The topological polar surface area (TPSA) is 69.6 Å². The summed E-state index contributed by atoms with van der Waals surface area (Å²) < 4.78 is 28.5. The molecule has 0 unspecified atom stereocenters. The van der Waals surface area contributed by atoms with Gasteiger partial charge in [0.25, 0.3) is 0 Å². The Balaban J connectivity index is 1.63. The molecule has 29 heavy (non-hydrogen) atoms. The van der Waals surface area contributed by atoms with Crippen LogP contribution in [-0.4, -0.2) is 56.4 Å². The molecule has 3 aliphatic heterocycles. The van der Waals surface area contributed by atoms with Gasteiger partial charge in [0, 0.05) is 42.1 Å². The van der Waals surface area contributed by atoms with Gasteiger partial charge >= 0.3 is 0 Å². The molecule has 3 heterocycles. The molecule has 1 N–H and O–H groups in total.